The zero-order chi connectivity index (χ0) is 16.2. The van der Waals surface area contributed by atoms with Crippen LogP contribution in [-0.2, 0) is 16.1 Å². The Hall–Kier alpha value is -1.63. The van der Waals surface area contributed by atoms with Crippen molar-refractivity contribution in [2.45, 2.75) is 19.1 Å². The predicted octanol–water partition coefficient (Wildman–Crippen LogP) is 2.58. The van der Waals surface area contributed by atoms with Gasteiger partial charge < -0.3 is 9.64 Å². The highest BCUT2D eigenvalue weighted by atomic mass is 35.5. The van der Waals surface area contributed by atoms with Gasteiger partial charge in [-0.05, 0) is 17.7 Å². The summed E-state index contributed by atoms with van der Waals surface area (Å²) in [6, 6.07) is 5.41. The molecule has 8 heteroatoms. The first-order chi connectivity index (χ1) is 11.1. The van der Waals surface area contributed by atoms with Gasteiger partial charge >= 0.3 is 0 Å². The first kappa shape index (κ1) is 16.2. The summed E-state index contributed by atoms with van der Waals surface area (Å²) in [6.45, 7) is 2.12. The van der Waals surface area contributed by atoms with E-state index in [9.17, 15) is 4.79 Å². The molecule has 2 heterocycles. The lowest BCUT2D eigenvalue weighted by Crippen LogP contribution is -2.42. The van der Waals surface area contributed by atoms with E-state index in [4.69, 9.17) is 27.9 Å². The minimum Gasteiger partial charge on any atom is -0.370 e. The first-order valence-corrected chi connectivity index (χ1v) is 8.06. The molecule has 6 nitrogen and oxygen atoms in total. The largest absolute Gasteiger partial charge is 0.370 e. The van der Waals surface area contributed by atoms with Crippen molar-refractivity contribution in [3.63, 3.8) is 0 Å². The summed E-state index contributed by atoms with van der Waals surface area (Å²) < 4.78 is 7.41. The number of morpholine rings is 1. The third-order valence-corrected chi connectivity index (χ3v) is 4.49. The number of aryl methyl sites for hydroxylation is 1. The van der Waals surface area contributed by atoms with E-state index in [1.54, 1.807) is 23.1 Å². The van der Waals surface area contributed by atoms with E-state index in [2.05, 4.69) is 10.1 Å². The fraction of sp³-hybridized carbons (Fsp3) is 0.400. The van der Waals surface area contributed by atoms with Gasteiger partial charge in [0.05, 0.1) is 29.7 Å². The minimum absolute atomic E-state index is 0.0776. The fourth-order valence-corrected chi connectivity index (χ4v) is 2.81. The molecule has 122 valence electrons. The molecule has 1 aliphatic rings. The second kappa shape index (κ2) is 7.29. The van der Waals surface area contributed by atoms with Crippen molar-refractivity contribution in [2.75, 3.05) is 19.7 Å². The Balaban J connectivity index is 1.60. The van der Waals surface area contributed by atoms with Crippen LogP contribution in [0.5, 0.6) is 0 Å². The number of aromatic nitrogens is 3. The van der Waals surface area contributed by atoms with E-state index in [-0.39, 0.29) is 12.0 Å². The van der Waals surface area contributed by atoms with E-state index in [0.717, 1.165) is 5.56 Å². The minimum atomic E-state index is -0.186. The van der Waals surface area contributed by atoms with E-state index < -0.39 is 0 Å². The Morgan fingerprint density at radius 3 is 2.96 bits per heavy atom. The zero-order valence-corrected chi connectivity index (χ0v) is 13.9. The molecule has 1 saturated heterocycles. The monoisotopic (exact) mass is 354 g/mol. The average Bonchev–Trinajstić information content (AvgIpc) is 3.09. The zero-order valence-electron chi connectivity index (χ0n) is 12.4. The van der Waals surface area contributed by atoms with Gasteiger partial charge in [-0.1, -0.05) is 29.3 Å². The Bertz CT molecular complexity index is 678. The van der Waals surface area contributed by atoms with Crippen LogP contribution in [0.3, 0.4) is 0 Å². The van der Waals surface area contributed by atoms with Crippen LogP contribution in [0.1, 0.15) is 18.1 Å². The molecule has 1 atom stereocenters. The van der Waals surface area contributed by atoms with Crippen molar-refractivity contribution in [1.29, 1.82) is 0 Å². The summed E-state index contributed by atoms with van der Waals surface area (Å²) in [5.74, 6) is 0.0776. The van der Waals surface area contributed by atoms with Gasteiger partial charge in [-0.15, -0.1) is 0 Å². The summed E-state index contributed by atoms with van der Waals surface area (Å²) in [6.07, 6.45) is 3.26. The van der Waals surface area contributed by atoms with Crippen molar-refractivity contribution in [3.8, 4) is 0 Å². The highest BCUT2D eigenvalue weighted by molar-refractivity contribution is 6.42. The SMILES string of the molecule is O=C(CCn1cncn1)N1CCO[C@@H](c2ccc(Cl)c(Cl)c2)C1. The molecule has 0 aliphatic carbocycles. The molecule has 2 aromatic rings. The Morgan fingerprint density at radius 1 is 1.35 bits per heavy atom. The number of amides is 1. The van der Waals surface area contributed by atoms with E-state index >= 15 is 0 Å². The van der Waals surface area contributed by atoms with Crippen LogP contribution in [0.25, 0.3) is 0 Å². The van der Waals surface area contributed by atoms with Gasteiger partial charge in [0.1, 0.15) is 18.8 Å². The van der Waals surface area contributed by atoms with Crippen LogP contribution in [0.15, 0.2) is 30.9 Å². The molecule has 0 spiro atoms. The molecular formula is C15H16Cl2N4O2. The smallest absolute Gasteiger partial charge is 0.224 e. The molecule has 1 amide bonds. The maximum absolute atomic E-state index is 12.4. The second-order valence-electron chi connectivity index (χ2n) is 5.28. The summed E-state index contributed by atoms with van der Waals surface area (Å²) in [7, 11) is 0. The molecule has 0 N–H and O–H groups in total. The lowest BCUT2D eigenvalue weighted by atomic mass is 10.1. The van der Waals surface area contributed by atoms with Gasteiger partial charge in [0.15, 0.2) is 0 Å². The van der Waals surface area contributed by atoms with Crippen molar-refractivity contribution in [2.24, 2.45) is 0 Å². The lowest BCUT2D eigenvalue weighted by molar-refractivity contribution is -0.139. The van der Waals surface area contributed by atoms with Crippen molar-refractivity contribution >= 4 is 29.1 Å². The summed E-state index contributed by atoms with van der Waals surface area (Å²) in [5.41, 5.74) is 0.924. The third kappa shape index (κ3) is 4.02. The molecule has 1 fully saturated rings. The van der Waals surface area contributed by atoms with Gasteiger partial charge in [-0.3, -0.25) is 9.48 Å². The average molecular weight is 355 g/mol. The number of carbonyl (C=O) groups excluding carboxylic acids is 1. The molecule has 1 aromatic carbocycles. The number of halogens is 2. The molecule has 1 aromatic heterocycles. The number of hydrogen-bond acceptors (Lipinski definition) is 4. The summed E-state index contributed by atoms with van der Waals surface area (Å²) in [4.78, 5) is 18.0. The number of nitrogens with zero attached hydrogens (tertiary/aromatic N) is 4. The van der Waals surface area contributed by atoms with Crippen LogP contribution in [-0.4, -0.2) is 45.3 Å². The molecule has 1 aliphatic heterocycles. The summed E-state index contributed by atoms with van der Waals surface area (Å²) in [5, 5.41) is 4.99. The van der Waals surface area contributed by atoms with Crippen molar-refractivity contribution < 1.29 is 9.53 Å². The fourth-order valence-electron chi connectivity index (χ4n) is 2.51. The first-order valence-electron chi connectivity index (χ1n) is 7.30. The molecular weight excluding hydrogens is 339 g/mol. The molecule has 0 bridgehead atoms. The van der Waals surface area contributed by atoms with Gasteiger partial charge in [-0.25, -0.2) is 4.98 Å². The maximum atomic E-state index is 12.4. The van der Waals surface area contributed by atoms with Crippen LogP contribution in [0.4, 0.5) is 0 Å². The maximum Gasteiger partial charge on any atom is 0.224 e. The number of rotatable bonds is 4. The topological polar surface area (TPSA) is 60.2 Å². The van der Waals surface area contributed by atoms with Crippen LogP contribution < -0.4 is 0 Å². The number of carbonyl (C=O) groups is 1. The van der Waals surface area contributed by atoms with E-state index in [1.807, 2.05) is 11.0 Å². The number of ether oxygens (including phenoxy) is 1. The number of benzene rings is 1. The van der Waals surface area contributed by atoms with Crippen LogP contribution in [0.2, 0.25) is 10.0 Å². The molecule has 3 rings (SSSR count). The molecule has 23 heavy (non-hydrogen) atoms. The quantitative estimate of drug-likeness (QED) is 0.846. The molecule has 0 saturated carbocycles. The van der Waals surface area contributed by atoms with Gasteiger partial charge in [0.25, 0.3) is 0 Å². The van der Waals surface area contributed by atoms with Gasteiger partial charge in [0.2, 0.25) is 5.91 Å². The third-order valence-electron chi connectivity index (χ3n) is 3.76. The van der Waals surface area contributed by atoms with E-state index in [1.165, 1.54) is 6.33 Å². The Kier molecular flexibility index (Phi) is 5.15. The Labute approximate surface area is 144 Å². The Morgan fingerprint density at radius 2 is 2.22 bits per heavy atom. The molecule has 0 unspecified atom stereocenters. The normalized spacial score (nSPS) is 18.2. The lowest BCUT2D eigenvalue weighted by Gasteiger charge is -2.33. The molecule has 0 radical (unpaired) electrons. The summed E-state index contributed by atoms with van der Waals surface area (Å²) >= 11 is 12.0. The van der Waals surface area contributed by atoms with Gasteiger partial charge in [-0.2, -0.15) is 5.10 Å². The number of hydrogen-bond donors (Lipinski definition) is 0. The predicted molar refractivity (Wildman–Crippen MR) is 86.4 cm³/mol. The highest BCUT2D eigenvalue weighted by Gasteiger charge is 2.25. The van der Waals surface area contributed by atoms with Crippen molar-refractivity contribution in [3.05, 3.63) is 46.5 Å². The second-order valence-corrected chi connectivity index (χ2v) is 6.10. The standard InChI is InChI=1S/C15H16Cl2N4O2/c16-12-2-1-11(7-13(12)17)14-8-20(5-6-23-14)15(22)3-4-21-10-18-9-19-21/h1-2,7,9-10,14H,3-6,8H2/t14-/m1/s1. The van der Waals surface area contributed by atoms with Gasteiger partial charge in [0, 0.05) is 13.0 Å². The van der Waals surface area contributed by atoms with Crippen LogP contribution >= 0.6 is 23.2 Å². The van der Waals surface area contributed by atoms with Crippen LogP contribution in [0, 0.1) is 0 Å². The van der Waals surface area contributed by atoms with Crippen molar-refractivity contribution in [1.82, 2.24) is 19.7 Å². The van der Waals surface area contributed by atoms with E-state index in [0.29, 0.717) is 42.7 Å². The highest BCUT2D eigenvalue weighted by Crippen LogP contribution is 2.29.